The van der Waals surface area contributed by atoms with Crippen LogP contribution >= 0.6 is 12.2 Å². The Morgan fingerprint density at radius 1 is 1.38 bits per heavy atom. The van der Waals surface area contributed by atoms with Gasteiger partial charge in [0.2, 0.25) is 0 Å². The maximum atomic E-state index is 11.5. The summed E-state index contributed by atoms with van der Waals surface area (Å²) in [6.07, 6.45) is 1.73. The van der Waals surface area contributed by atoms with E-state index in [-0.39, 0.29) is 5.91 Å². The highest BCUT2D eigenvalue weighted by molar-refractivity contribution is 7.71. The zero-order valence-corrected chi connectivity index (χ0v) is 15.0. The lowest BCUT2D eigenvalue weighted by molar-refractivity contribution is 0.0963. The summed E-state index contributed by atoms with van der Waals surface area (Å²) in [5.74, 6) is -0.0807. The smallest absolute Gasteiger partial charge is 0.251 e. The molecule has 0 unspecified atom stereocenters. The highest BCUT2D eigenvalue weighted by Crippen LogP contribution is 2.08. The zero-order chi connectivity index (χ0) is 17.5. The minimum Gasteiger partial charge on any atom is -0.383 e. The van der Waals surface area contributed by atoms with Crippen molar-refractivity contribution < 1.29 is 9.53 Å². The van der Waals surface area contributed by atoms with Gasteiger partial charge in [0.25, 0.3) is 5.91 Å². The van der Waals surface area contributed by atoms with Crippen LogP contribution in [0.25, 0.3) is 0 Å². The minimum absolute atomic E-state index is 0.0807. The molecule has 1 heterocycles. The van der Waals surface area contributed by atoms with Crippen LogP contribution in [0.4, 0.5) is 0 Å². The fourth-order valence-electron chi connectivity index (χ4n) is 2.31. The maximum absolute atomic E-state index is 11.5. The first-order valence-corrected chi connectivity index (χ1v) is 8.06. The van der Waals surface area contributed by atoms with Gasteiger partial charge in [-0.3, -0.25) is 9.69 Å². The van der Waals surface area contributed by atoms with E-state index in [9.17, 15) is 4.79 Å². The van der Waals surface area contributed by atoms with Crippen molar-refractivity contribution in [3.05, 3.63) is 46.5 Å². The van der Waals surface area contributed by atoms with E-state index < -0.39 is 0 Å². The van der Waals surface area contributed by atoms with Crippen molar-refractivity contribution in [2.24, 2.45) is 0 Å². The molecule has 0 aliphatic carbocycles. The molecule has 1 N–H and O–H groups in total. The number of ether oxygens (including phenoxy) is 1. The van der Waals surface area contributed by atoms with Gasteiger partial charge < -0.3 is 14.6 Å². The topological polar surface area (TPSA) is 64.3 Å². The Labute approximate surface area is 146 Å². The Kier molecular flexibility index (Phi) is 6.65. The Balaban J connectivity index is 1.96. The summed E-state index contributed by atoms with van der Waals surface area (Å²) in [6, 6.07) is 7.56. The summed E-state index contributed by atoms with van der Waals surface area (Å²) >= 11 is 5.42. The standard InChI is InChI=1S/C16H23N5O2S/c1-17-15(22)14-6-4-13(5-7-14)10-19(2)12-21-16(24)20(11-18-21)8-9-23-3/h4-7,11H,8-10,12H2,1-3H3,(H,17,22). The van der Waals surface area contributed by atoms with Crippen LogP contribution in [0.3, 0.4) is 0 Å². The van der Waals surface area contributed by atoms with E-state index in [4.69, 9.17) is 17.0 Å². The van der Waals surface area contributed by atoms with Crippen molar-refractivity contribution in [1.82, 2.24) is 24.6 Å². The third-order valence-electron chi connectivity index (χ3n) is 3.60. The number of hydrogen-bond acceptors (Lipinski definition) is 5. The first-order chi connectivity index (χ1) is 11.5. The van der Waals surface area contributed by atoms with Crippen molar-refractivity contribution in [3.63, 3.8) is 0 Å². The summed E-state index contributed by atoms with van der Waals surface area (Å²) in [4.78, 5) is 13.7. The molecule has 0 radical (unpaired) electrons. The molecule has 130 valence electrons. The number of nitrogens with one attached hydrogen (secondary N) is 1. The average Bonchev–Trinajstić information content (AvgIpc) is 2.93. The lowest BCUT2D eigenvalue weighted by atomic mass is 10.1. The molecule has 0 aliphatic rings. The van der Waals surface area contributed by atoms with Gasteiger partial charge in [0.15, 0.2) is 4.77 Å². The number of rotatable bonds is 8. The van der Waals surface area contributed by atoms with Crippen LogP contribution in [-0.4, -0.2) is 53.0 Å². The van der Waals surface area contributed by atoms with Gasteiger partial charge >= 0.3 is 0 Å². The monoisotopic (exact) mass is 349 g/mol. The van der Waals surface area contributed by atoms with E-state index in [1.54, 1.807) is 25.2 Å². The van der Waals surface area contributed by atoms with Crippen LogP contribution in [0.1, 0.15) is 15.9 Å². The number of hydrogen-bond donors (Lipinski definition) is 1. The molecule has 2 rings (SSSR count). The summed E-state index contributed by atoms with van der Waals surface area (Å²) in [7, 11) is 5.29. The van der Waals surface area contributed by atoms with Gasteiger partial charge in [-0.05, 0) is 37.0 Å². The highest BCUT2D eigenvalue weighted by Gasteiger charge is 2.07. The van der Waals surface area contributed by atoms with Gasteiger partial charge in [-0.25, -0.2) is 4.68 Å². The van der Waals surface area contributed by atoms with Crippen molar-refractivity contribution in [1.29, 1.82) is 0 Å². The van der Waals surface area contributed by atoms with Crippen LogP contribution in [0.2, 0.25) is 0 Å². The van der Waals surface area contributed by atoms with Gasteiger partial charge in [0.1, 0.15) is 6.33 Å². The van der Waals surface area contributed by atoms with E-state index in [0.717, 1.165) is 12.1 Å². The molecule has 8 heteroatoms. The normalized spacial score (nSPS) is 11.0. The molecule has 0 bridgehead atoms. The second-order valence-electron chi connectivity index (χ2n) is 5.53. The number of nitrogens with zero attached hydrogens (tertiary/aromatic N) is 4. The minimum atomic E-state index is -0.0807. The Hall–Kier alpha value is -2.03. The van der Waals surface area contributed by atoms with E-state index >= 15 is 0 Å². The lowest BCUT2D eigenvalue weighted by Gasteiger charge is -2.16. The number of benzene rings is 1. The summed E-state index contributed by atoms with van der Waals surface area (Å²) < 4.78 is 9.41. The van der Waals surface area contributed by atoms with Crippen molar-refractivity contribution in [2.75, 3.05) is 27.8 Å². The molecule has 0 fully saturated rings. The molecule has 7 nitrogen and oxygen atoms in total. The molecular weight excluding hydrogens is 326 g/mol. The number of amides is 1. The molecule has 1 aromatic carbocycles. The van der Waals surface area contributed by atoms with Crippen molar-refractivity contribution >= 4 is 18.1 Å². The SMILES string of the molecule is CNC(=O)c1ccc(CN(C)Cn2ncn(CCOC)c2=S)cc1. The predicted molar refractivity (Wildman–Crippen MR) is 94.2 cm³/mol. The van der Waals surface area contributed by atoms with Gasteiger partial charge in [0, 0.05) is 32.8 Å². The Bertz CT molecular complexity index is 723. The molecule has 0 saturated heterocycles. The highest BCUT2D eigenvalue weighted by atomic mass is 32.1. The molecule has 2 aromatic rings. The molecule has 1 amide bonds. The molecular formula is C16H23N5O2S. The lowest BCUT2D eigenvalue weighted by Crippen LogP contribution is -2.23. The van der Waals surface area contributed by atoms with Gasteiger partial charge in [0.05, 0.1) is 13.3 Å². The summed E-state index contributed by atoms with van der Waals surface area (Å²) in [5.41, 5.74) is 1.78. The molecule has 0 saturated carbocycles. The second kappa shape index (κ2) is 8.72. The Morgan fingerprint density at radius 2 is 2.08 bits per heavy atom. The van der Waals surface area contributed by atoms with E-state index in [1.165, 1.54) is 0 Å². The van der Waals surface area contributed by atoms with E-state index in [1.807, 2.05) is 35.9 Å². The fourth-order valence-corrected chi connectivity index (χ4v) is 2.55. The zero-order valence-electron chi connectivity index (χ0n) is 14.2. The number of aromatic nitrogens is 3. The first kappa shape index (κ1) is 18.3. The largest absolute Gasteiger partial charge is 0.383 e. The third kappa shape index (κ3) is 4.73. The second-order valence-corrected chi connectivity index (χ2v) is 5.90. The van der Waals surface area contributed by atoms with E-state index in [0.29, 0.717) is 30.2 Å². The molecule has 0 spiro atoms. The predicted octanol–water partition coefficient (Wildman–Crippen LogP) is 1.51. The molecule has 1 aromatic heterocycles. The molecule has 0 aliphatic heterocycles. The summed E-state index contributed by atoms with van der Waals surface area (Å²) in [6.45, 7) is 2.63. The van der Waals surface area contributed by atoms with Crippen molar-refractivity contribution in [3.8, 4) is 0 Å². The summed E-state index contributed by atoms with van der Waals surface area (Å²) in [5, 5.41) is 6.94. The maximum Gasteiger partial charge on any atom is 0.251 e. The molecule has 0 atom stereocenters. The Morgan fingerprint density at radius 3 is 2.71 bits per heavy atom. The van der Waals surface area contributed by atoms with Crippen LogP contribution in [0.15, 0.2) is 30.6 Å². The first-order valence-electron chi connectivity index (χ1n) is 7.66. The van der Waals surface area contributed by atoms with E-state index in [2.05, 4.69) is 15.3 Å². The average molecular weight is 349 g/mol. The quantitative estimate of drug-likeness (QED) is 0.732. The van der Waals surface area contributed by atoms with Crippen LogP contribution < -0.4 is 5.32 Å². The van der Waals surface area contributed by atoms with Crippen LogP contribution in [-0.2, 0) is 24.5 Å². The van der Waals surface area contributed by atoms with Crippen LogP contribution in [0.5, 0.6) is 0 Å². The van der Waals surface area contributed by atoms with Crippen molar-refractivity contribution in [2.45, 2.75) is 19.8 Å². The fraction of sp³-hybridized carbons (Fsp3) is 0.438. The molecule has 24 heavy (non-hydrogen) atoms. The number of carbonyl (C=O) groups excluding carboxylic acids is 1. The number of carbonyl (C=O) groups is 1. The van der Waals surface area contributed by atoms with Gasteiger partial charge in [-0.2, -0.15) is 5.10 Å². The van der Waals surface area contributed by atoms with Crippen LogP contribution in [0, 0.1) is 4.77 Å². The van der Waals surface area contributed by atoms with Gasteiger partial charge in [-0.1, -0.05) is 12.1 Å². The number of methoxy groups -OCH3 is 1. The van der Waals surface area contributed by atoms with Gasteiger partial charge in [-0.15, -0.1) is 0 Å². The third-order valence-corrected chi connectivity index (χ3v) is 4.05.